The summed E-state index contributed by atoms with van der Waals surface area (Å²) in [7, 11) is 1.56. The second kappa shape index (κ2) is 13.6. The van der Waals surface area contributed by atoms with Gasteiger partial charge in [-0.25, -0.2) is 0 Å². The minimum Gasteiger partial charge on any atom is -0.493 e. The van der Waals surface area contributed by atoms with Crippen LogP contribution >= 0.6 is 0 Å². The Morgan fingerprint density at radius 2 is 1.72 bits per heavy atom. The molecule has 0 aliphatic rings. The minimum absolute atomic E-state index is 0.0204. The van der Waals surface area contributed by atoms with E-state index in [0.29, 0.717) is 30.2 Å². The van der Waals surface area contributed by atoms with Crippen molar-refractivity contribution in [3.05, 3.63) is 53.6 Å². The Labute approximate surface area is 190 Å². The SMILES string of the molecule is C#CCOc1ccc(CCNC(=O)[C@H](COc2ccc(CC)cc2)OCC#C)cc1OC. The summed E-state index contributed by atoms with van der Waals surface area (Å²) in [5.41, 5.74) is 2.19. The molecule has 0 bridgehead atoms. The summed E-state index contributed by atoms with van der Waals surface area (Å²) in [6.45, 7) is 2.74. The van der Waals surface area contributed by atoms with Gasteiger partial charge in [0.2, 0.25) is 0 Å². The topological polar surface area (TPSA) is 66.0 Å². The summed E-state index contributed by atoms with van der Waals surface area (Å²) >= 11 is 0. The second-order valence-electron chi connectivity index (χ2n) is 6.83. The van der Waals surface area contributed by atoms with Gasteiger partial charge in [-0.05, 0) is 48.2 Å². The van der Waals surface area contributed by atoms with Gasteiger partial charge in [-0.1, -0.05) is 37.0 Å². The average molecular weight is 436 g/mol. The lowest BCUT2D eigenvalue weighted by Crippen LogP contribution is -2.41. The van der Waals surface area contributed by atoms with Gasteiger partial charge in [-0.3, -0.25) is 4.79 Å². The first-order valence-corrected chi connectivity index (χ1v) is 10.4. The molecule has 0 fully saturated rings. The maximum atomic E-state index is 12.6. The molecular weight excluding hydrogens is 406 g/mol. The number of nitrogens with one attached hydrogen (secondary N) is 1. The lowest BCUT2D eigenvalue weighted by molar-refractivity contribution is -0.133. The molecule has 6 heteroatoms. The van der Waals surface area contributed by atoms with E-state index in [1.54, 1.807) is 13.2 Å². The average Bonchev–Trinajstić information content (AvgIpc) is 2.83. The van der Waals surface area contributed by atoms with Crippen LogP contribution in [-0.2, 0) is 22.4 Å². The van der Waals surface area contributed by atoms with E-state index in [4.69, 9.17) is 31.8 Å². The number of carbonyl (C=O) groups excluding carboxylic acids is 1. The molecule has 6 nitrogen and oxygen atoms in total. The largest absolute Gasteiger partial charge is 0.493 e. The third kappa shape index (κ3) is 7.91. The minimum atomic E-state index is -0.814. The third-order valence-electron chi connectivity index (χ3n) is 4.65. The molecular formula is C26H29NO5. The number of benzene rings is 2. The van der Waals surface area contributed by atoms with Gasteiger partial charge in [0.15, 0.2) is 17.6 Å². The summed E-state index contributed by atoms with van der Waals surface area (Å²) in [5.74, 6) is 6.35. The Bertz CT molecular complexity index is 940. The zero-order chi connectivity index (χ0) is 23.2. The van der Waals surface area contributed by atoms with Gasteiger partial charge in [-0.15, -0.1) is 12.8 Å². The second-order valence-corrected chi connectivity index (χ2v) is 6.83. The molecule has 1 atom stereocenters. The maximum absolute atomic E-state index is 12.6. The number of hydrogen-bond acceptors (Lipinski definition) is 5. The summed E-state index contributed by atoms with van der Waals surface area (Å²) in [6.07, 6.45) is 11.2. The third-order valence-corrected chi connectivity index (χ3v) is 4.65. The summed E-state index contributed by atoms with van der Waals surface area (Å²) in [6, 6.07) is 13.3. The Morgan fingerprint density at radius 1 is 1.00 bits per heavy atom. The standard InChI is InChI=1S/C26H29NO5/c1-5-16-30-23-13-10-21(18-24(23)29-4)14-15-27-26(28)25(31-17-6-2)19-32-22-11-8-20(7-3)9-12-22/h1-2,8-13,18,25H,7,14-17,19H2,3-4H3,(H,27,28)/t25-/m0/s1. The van der Waals surface area contributed by atoms with Crippen LogP contribution in [0.4, 0.5) is 0 Å². The van der Waals surface area contributed by atoms with Gasteiger partial charge in [0.1, 0.15) is 25.6 Å². The molecule has 1 amide bonds. The molecule has 1 N–H and O–H groups in total. The van der Waals surface area contributed by atoms with Crippen LogP contribution in [0.1, 0.15) is 18.1 Å². The Kier molecular flexibility index (Phi) is 10.5. The smallest absolute Gasteiger partial charge is 0.252 e. The molecule has 2 rings (SSSR count). The highest BCUT2D eigenvalue weighted by Gasteiger charge is 2.20. The summed E-state index contributed by atoms with van der Waals surface area (Å²) < 4.78 is 22.0. The molecule has 168 valence electrons. The van der Waals surface area contributed by atoms with Gasteiger partial charge in [0.05, 0.1) is 7.11 Å². The van der Waals surface area contributed by atoms with Gasteiger partial charge >= 0.3 is 0 Å². The molecule has 0 aromatic heterocycles. The quantitative estimate of drug-likeness (QED) is 0.490. The molecule has 2 aromatic rings. The monoisotopic (exact) mass is 435 g/mol. The van der Waals surface area contributed by atoms with Gasteiger partial charge in [0.25, 0.3) is 5.91 Å². The van der Waals surface area contributed by atoms with E-state index in [1.165, 1.54) is 5.56 Å². The number of carbonyl (C=O) groups is 1. The predicted molar refractivity (Wildman–Crippen MR) is 124 cm³/mol. The molecule has 0 spiro atoms. The van der Waals surface area contributed by atoms with Crippen molar-refractivity contribution < 1.29 is 23.7 Å². The Balaban J connectivity index is 1.89. The highest BCUT2D eigenvalue weighted by atomic mass is 16.5. The van der Waals surface area contributed by atoms with Crippen molar-refractivity contribution in [3.63, 3.8) is 0 Å². The first-order valence-electron chi connectivity index (χ1n) is 10.4. The number of hydrogen-bond donors (Lipinski definition) is 1. The number of ether oxygens (including phenoxy) is 4. The zero-order valence-electron chi connectivity index (χ0n) is 18.6. The molecule has 0 aliphatic heterocycles. The van der Waals surface area contributed by atoms with E-state index in [-0.39, 0.29) is 25.7 Å². The van der Waals surface area contributed by atoms with E-state index < -0.39 is 6.10 Å². The van der Waals surface area contributed by atoms with E-state index >= 15 is 0 Å². The Morgan fingerprint density at radius 3 is 2.38 bits per heavy atom. The van der Waals surface area contributed by atoms with Crippen molar-refractivity contribution in [3.8, 4) is 41.9 Å². The molecule has 0 radical (unpaired) electrons. The normalized spacial score (nSPS) is 11.0. The van der Waals surface area contributed by atoms with Crippen molar-refractivity contribution in [1.29, 1.82) is 0 Å². The molecule has 0 saturated heterocycles. The van der Waals surface area contributed by atoms with Crippen LogP contribution in [0, 0.1) is 24.7 Å². The molecule has 0 aliphatic carbocycles. The van der Waals surface area contributed by atoms with Gasteiger partial charge < -0.3 is 24.3 Å². The van der Waals surface area contributed by atoms with Crippen LogP contribution in [-0.4, -0.2) is 45.5 Å². The van der Waals surface area contributed by atoms with Crippen molar-refractivity contribution in [2.75, 3.05) is 33.5 Å². The van der Waals surface area contributed by atoms with Crippen LogP contribution in [0.3, 0.4) is 0 Å². The molecule has 2 aromatic carbocycles. The fraction of sp³-hybridized carbons (Fsp3) is 0.346. The molecule has 0 saturated carbocycles. The molecule has 0 unspecified atom stereocenters. The molecule has 32 heavy (non-hydrogen) atoms. The first kappa shape index (κ1) is 24.7. The lowest BCUT2D eigenvalue weighted by Gasteiger charge is -2.17. The number of amides is 1. The number of aryl methyl sites for hydroxylation is 1. The van der Waals surface area contributed by atoms with Crippen LogP contribution in [0.15, 0.2) is 42.5 Å². The number of terminal acetylenes is 2. The maximum Gasteiger partial charge on any atom is 0.252 e. The van der Waals surface area contributed by atoms with Crippen molar-refractivity contribution >= 4 is 5.91 Å². The lowest BCUT2D eigenvalue weighted by atomic mass is 10.1. The highest BCUT2D eigenvalue weighted by Crippen LogP contribution is 2.28. The van der Waals surface area contributed by atoms with E-state index in [2.05, 4.69) is 24.1 Å². The van der Waals surface area contributed by atoms with Crippen LogP contribution in [0.2, 0.25) is 0 Å². The summed E-state index contributed by atoms with van der Waals surface area (Å²) in [5, 5.41) is 2.87. The fourth-order valence-corrected chi connectivity index (χ4v) is 2.89. The van der Waals surface area contributed by atoms with Crippen molar-refractivity contribution in [2.45, 2.75) is 25.9 Å². The Hall–Kier alpha value is -3.61. The van der Waals surface area contributed by atoms with Crippen molar-refractivity contribution in [1.82, 2.24) is 5.32 Å². The number of rotatable bonds is 13. The van der Waals surface area contributed by atoms with E-state index in [0.717, 1.165) is 12.0 Å². The number of methoxy groups -OCH3 is 1. The van der Waals surface area contributed by atoms with Gasteiger partial charge in [-0.2, -0.15) is 0 Å². The predicted octanol–water partition coefficient (Wildman–Crippen LogP) is 3.03. The van der Waals surface area contributed by atoms with E-state index in [1.807, 2.05) is 36.4 Å². The molecule has 0 heterocycles. The van der Waals surface area contributed by atoms with Crippen LogP contribution in [0.25, 0.3) is 0 Å². The summed E-state index contributed by atoms with van der Waals surface area (Å²) in [4.78, 5) is 12.6. The highest BCUT2D eigenvalue weighted by molar-refractivity contribution is 5.81. The van der Waals surface area contributed by atoms with Crippen LogP contribution in [0.5, 0.6) is 17.2 Å². The van der Waals surface area contributed by atoms with E-state index in [9.17, 15) is 4.79 Å². The van der Waals surface area contributed by atoms with Gasteiger partial charge in [0, 0.05) is 6.54 Å². The van der Waals surface area contributed by atoms with Crippen molar-refractivity contribution in [2.24, 2.45) is 0 Å². The fourth-order valence-electron chi connectivity index (χ4n) is 2.89. The first-order chi connectivity index (χ1) is 15.6. The zero-order valence-corrected chi connectivity index (χ0v) is 18.6. The van der Waals surface area contributed by atoms with Crippen LogP contribution < -0.4 is 19.5 Å².